The van der Waals surface area contributed by atoms with Gasteiger partial charge in [0.2, 0.25) is 11.8 Å². The molecule has 2 atom stereocenters. The summed E-state index contributed by atoms with van der Waals surface area (Å²) in [5.74, 6) is 0.233. The number of carbonyl (C=O) groups is 3. The molecule has 0 spiro atoms. The number of ketones is 1. The number of fused-ring (bicyclic) bond motifs is 1. The lowest BCUT2D eigenvalue weighted by Crippen LogP contribution is -2.64. The quantitative estimate of drug-likeness (QED) is 0.499. The van der Waals surface area contributed by atoms with Gasteiger partial charge in [-0.15, -0.1) is 0 Å². The van der Waals surface area contributed by atoms with Crippen LogP contribution in [0.5, 0.6) is 0 Å². The SMILES string of the molecule is CC1(C)CC(=O)C2=C(C1)Nc1ccccc1N(CC(=O)N1CCC(C(N)=O)(N3CCCCC3)CC1)C2C1CC=CCC1. The van der Waals surface area contributed by atoms with Gasteiger partial charge in [0, 0.05) is 30.8 Å². The summed E-state index contributed by atoms with van der Waals surface area (Å²) in [5, 5.41) is 3.68. The van der Waals surface area contributed by atoms with E-state index < -0.39 is 5.54 Å². The summed E-state index contributed by atoms with van der Waals surface area (Å²) in [4.78, 5) is 47.3. The lowest BCUT2D eigenvalue weighted by Gasteiger charge is -2.48. The molecular formula is C34H47N5O3. The number of nitrogens with zero attached hydrogens (tertiary/aromatic N) is 3. The van der Waals surface area contributed by atoms with Crippen molar-refractivity contribution in [3.63, 3.8) is 0 Å². The predicted molar refractivity (Wildman–Crippen MR) is 166 cm³/mol. The molecule has 8 nitrogen and oxygen atoms in total. The lowest BCUT2D eigenvalue weighted by atomic mass is 9.71. The first-order valence-corrected chi connectivity index (χ1v) is 16.1. The maximum atomic E-state index is 14.1. The van der Waals surface area contributed by atoms with E-state index in [4.69, 9.17) is 5.73 Å². The molecule has 2 aliphatic carbocycles. The Hall–Kier alpha value is -3.13. The van der Waals surface area contributed by atoms with Crippen LogP contribution in [-0.4, -0.2) is 71.7 Å². The van der Waals surface area contributed by atoms with Crippen LogP contribution in [0.3, 0.4) is 0 Å². The summed E-state index contributed by atoms with van der Waals surface area (Å²) >= 11 is 0. The summed E-state index contributed by atoms with van der Waals surface area (Å²) in [6.07, 6.45) is 13.2. The van der Waals surface area contributed by atoms with Gasteiger partial charge < -0.3 is 20.9 Å². The Bertz CT molecular complexity index is 1290. The summed E-state index contributed by atoms with van der Waals surface area (Å²) in [6.45, 7) is 7.36. The normalized spacial score (nSPS) is 27.5. The van der Waals surface area contributed by atoms with Gasteiger partial charge >= 0.3 is 0 Å². The summed E-state index contributed by atoms with van der Waals surface area (Å²) in [5.41, 5.74) is 9.07. The van der Waals surface area contributed by atoms with E-state index in [-0.39, 0.29) is 41.5 Å². The summed E-state index contributed by atoms with van der Waals surface area (Å²) < 4.78 is 0. The molecule has 8 heteroatoms. The first kappa shape index (κ1) is 29.0. The topological polar surface area (TPSA) is 99.0 Å². The van der Waals surface area contributed by atoms with Crippen molar-refractivity contribution in [3.05, 3.63) is 47.7 Å². The van der Waals surface area contributed by atoms with Gasteiger partial charge in [-0.25, -0.2) is 0 Å². The molecule has 226 valence electrons. The van der Waals surface area contributed by atoms with Crippen LogP contribution in [0.1, 0.15) is 78.1 Å². The molecule has 1 aromatic rings. The molecule has 3 N–H and O–H groups in total. The van der Waals surface area contributed by atoms with Crippen molar-refractivity contribution in [1.82, 2.24) is 9.80 Å². The first-order valence-electron chi connectivity index (χ1n) is 16.1. The minimum atomic E-state index is -0.658. The monoisotopic (exact) mass is 573 g/mol. The van der Waals surface area contributed by atoms with Gasteiger partial charge in [0.25, 0.3) is 0 Å². The van der Waals surface area contributed by atoms with E-state index in [1.165, 1.54) is 6.42 Å². The number of nitrogens with one attached hydrogen (secondary N) is 1. The van der Waals surface area contributed by atoms with Gasteiger partial charge in [-0.2, -0.15) is 0 Å². The Morgan fingerprint density at radius 2 is 1.74 bits per heavy atom. The van der Waals surface area contributed by atoms with Gasteiger partial charge in [-0.05, 0) is 87.9 Å². The number of primary amides is 1. The van der Waals surface area contributed by atoms with Crippen LogP contribution >= 0.6 is 0 Å². The average molecular weight is 574 g/mol. The smallest absolute Gasteiger partial charge is 0.242 e. The van der Waals surface area contributed by atoms with Crippen LogP contribution < -0.4 is 16.0 Å². The van der Waals surface area contributed by atoms with E-state index in [0.29, 0.717) is 32.4 Å². The molecule has 5 aliphatic rings. The number of para-hydroxylation sites is 2. The number of amides is 2. The number of benzene rings is 1. The maximum Gasteiger partial charge on any atom is 0.242 e. The van der Waals surface area contributed by atoms with Crippen LogP contribution in [0, 0.1) is 11.3 Å². The van der Waals surface area contributed by atoms with Crippen LogP contribution in [-0.2, 0) is 14.4 Å². The highest BCUT2D eigenvalue weighted by Crippen LogP contribution is 2.46. The maximum absolute atomic E-state index is 14.1. The lowest BCUT2D eigenvalue weighted by molar-refractivity contribution is -0.141. The van der Waals surface area contributed by atoms with E-state index in [1.54, 1.807) is 0 Å². The average Bonchev–Trinajstić information content (AvgIpc) is 3.11. The zero-order chi connectivity index (χ0) is 29.5. The highest BCUT2D eigenvalue weighted by Gasteiger charge is 2.47. The molecule has 2 amide bonds. The third kappa shape index (κ3) is 5.38. The number of likely N-dealkylation sites (tertiary alicyclic amines) is 2. The number of anilines is 2. The van der Waals surface area contributed by atoms with E-state index in [0.717, 1.165) is 74.3 Å². The number of allylic oxidation sites excluding steroid dienone is 3. The Morgan fingerprint density at radius 3 is 2.43 bits per heavy atom. The third-order valence-corrected chi connectivity index (χ3v) is 10.5. The highest BCUT2D eigenvalue weighted by molar-refractivity contribution is 6.01. The molecule has 1 aromatic carbocycles. The van der Waals surface area contributed by atoms with Crippen LogP contribution in [0.25, 0.3) is 0 Å². The molecule has 0 bridgehead atoms. The second-order valence-electron chi connectivity index (χ2n) is 13.9. The Kier molecular flexibility index (Phi) is 7.94. The molecule has 0 aromatic heterocycles. The largest absolute Gasteiger partial charge is 0.368 e. The van der Waals surface area contributed by atoms with Gasteiger partial charge in [-0.3, -0.25) is 19.3 Å². The zero-order valence-corrected chi connectivity index (χ0v) is 25.4. The first-order chi connectivity index (χ1) is 20.2. The molecule has 2 saturated heterocycles. The van der Waals surface area contributed by atoms with Crippen molar-refractivity contribution in [2.45, 2.75) is 89.6 Å². The number of hydrogen-bond donors (Lipinski definition) is 2. The predicted octanol–water partition coefficient (Wildman–Crippen LogP) is 4.62. The fourth-order valence-corrected chi connectivity index (χ4v) is 8.28. The fourth-order valence-electron chi connectivity index (χ4n) is 8.28. The van der Waals surface area contributed by atoms with E-state index in [2.05, 4.69) is 53.2 Å². The molecule has 0 saturated carbocycles. The minimum Gasteiger partial charge on any atom is -0.368 e. The van der Waals surface area contributed by atoms with Crippen molar-refractivity contribution in [2.24, 2.45) is 17.1 Å². The molecule has 2 unspecified atom stereocenters. The second-order valence-corrected chi connectivity index (χ2v) is 13.9. The van der Waals surface area contributed by atoms with Crippen molar-refractivity contribution in [2.75, 3.05) is 42.9 Å². The number of hydrogen-bond acceptors (Lipinski definition) is 6. The molecular weight excluding hydrogens is 526 g/mol. The van der Waals surface area contributed by atoms with E-state index >= 15 is 0 Å². The molecule has 0 radical (unpaired) electrons. The molecule has 6 rings (SSSR count). The van der Waals surface area contributed by atoms with Crippen molar-refractivity contribution >= 4 is 29.0 Å². The highest BCUT2D eigenvalue weighted by atomic mass is 16.2. The summed E-state index contributed by atoms with van der Waals surface area (Å²) in [6, 6.07) is 8.01. The standard InChI is InChI=1S/C34H47N5O3/c1-33(2)21-26-30(28(40)22-33)31(24-11-5-3-6-12-24)39(27-14-8-7-13-25(27)36-26)23-29(41)37-19-15-34(16-20-37,32(35)42)38-17-9-4-10-18-38/h3,5,7-8,13-14,24,31,36H,4,6,9-12,15-23H2,1-2H3,(H2,35,42). The molecule has 3 aliphatic heterocycles. The van der Waals surface area contributed by atoms with Gasteiger partial charge in [-0.1, -0.05) is 44.6 Å². The zero-order valence-electron chi connectivity index (χ0n) is 25.4. The third-order valence-electron chi connectivity index (χ3n) is 10.5. The Labute approximate surface area is 250 Å². The number of piperidine rings is 2. The second kappa shape index (κ2) is 11.5. The van der Waals surface area contributed by atoms with Crippen LogP contribution in [0.15, 0.2) is 47.7 Å². The number of carbonyl (C=O) groups excluding carboxylic acids is 3. The molecule has 42 heavy (non-hydrogen) atoms. The number of Topliss-reactive ketones (excluding diaryl/α,β-unsaturated/α-hetero) is 1. The van der Waals surface area contributed by atoms with Crippen LogP contribution in [0.2, 0.25) is 0 Å². The minimum absolute atomic E-state index is 0.0468. The number of nitrogens with two attached hydrogens (primary N) is 1. The van der Waals surface area contributed by atoms with Crippen molar-refractivity contribution in [3.8, 4) is 0 Å². The van der Waals surface area contributed by atoms with Crippen LogP contribution in [0.4, 0.5) is 11.4 Å². The van der Waals surface area contributed by atoms with Gasteiger partial charge in [0.15, 0.2) is 5.78 Å². The Morgan fingerprint density at radius 1 is 1.00 bits per heavy atom. The van der Waals surface area contributed by atoms with E-state index in [1.807, 2.05) is 17.0 Å². The molecule has 3 heterocycles. The fraction of sp³-hybridized carbons (Fsp3) is 0.618. The van der Waals surface area contributed by atoms with Gasteiger partial charge in [0.05, 0.1) is 24.0 Å². The Balaban J connectivity index is 1.31. The van der Waals surface area contributed by atoms with E-state index in [9.17, 15) is 14.4 Å². The molecule has 2 fully saturated rings. The number of rotatable bonds is 5. The van der Waals surface area contributed by atoms with Crippen molar-refractivity contribution in [1.29, 1.82) is 0 Å². The van der Waals surface area contributed by atoms with Crippen molar-refractivity contribution < 1.29 is 14.4 Å². The van der Waals surface area contributed by atoms with Gasteiger partial charge in [0.1, 0.15) is 5.54 Å². The summed E-state index contributed by atoms with van der Waals surface area (Å²) in [7, 11) is 0.